The number of nitrogens with one attached hydrogen (secondary N) is 1. The van der Waals surface area contributed by atoms with Crippen LogP contribution in [0.3, 0.4) is 0 Å². The fourth-order valence-corrected chi connectivity index (χ4v) is 2.82. The first kappa shape index (κ1) is 13.7. The van der Waals surface area contributed by atoms with Crippen molar-refractivity contribution in [3.63, 3.8) is 0 Å². The highest BCUT2D eigenvalue weighted by Crippen LogP contribution is 2.27. The highest BCUT2D eigenvalue weighted by Gasteiger charge is 2.25. The van der Waals surface area contributed by atoms with Gasteiger partial charge in [-0.1, -0.05) is 30.4 Å². The van der Waals surface area contributed by atoms with E-state index in [2.05, 4.69) is 5.32 Å². The summed E-state index contributed by atoms with van der Waals surface area (Å²) in [6.45, 7) is 0. The van der Waals surface area contributed by atoms with Crippen molar-refractivity contribution in [3.8, 4) is 5.75 Å². The Morgan fingerprint density at radius 1 is 1.24 bits per heavy atom. The molecule has 1 fully saturated rings. The van der Waals surface area contributed by atoms with Crippen molar-refractivity contribution < 1.29 is 14.3 Å². The average Bonchev–Trinajstić information content (AvgIpc) is 2.78. The molecule has 1 aromatic rings. The number of imide groups is 1. The van der Waals surface area contributed by atoms with Crippen LogP contribution in [0.2, 0.25) is 0 Å². The summed E-state index contributed by atoms with van der Waals surface area (Å²) < 4.78 is 5.87. The number of carbonyl (C=O) groups is 2. The first-order valence-electron chi connectivity index (χ1n) is 6.54. The molecule has 1 aromatic carbocycles. The normalized spacial score (nSPS) is 23.1. The van der Waals surface area contributed by atoms with Gasteiger partial charge in [0.15, 0.2) is 0 Å². The van der Waals surface area contributed by atoms with Crippen LogP contribution in [0.25, 0.3) is 0 Å². The Morgan fingerprint density at radius 3 is 2.76 bits per heavy atom. The molecule has 1 N–H and O–H groups in total. The van der Waals surface area contributed by atoms with Crippen LogP contribution in [0.4, 0.5) is 4.79 Å². The van der Waals surface area contributed by atoms with Crippen LogP contribution in [0.5, 0.6) is 5.75 Å². The maximum absolute atomic E-state index is 11.5. The van der Waals surface area contributed by atoms with E-state index >= 15 is 0 Å². The van der Waals surface area contributed by atoms with E-state index in [4.69, 9.17) is 4.74 Å². The van der Waals surface area contributed by atoms with E-state index in [1.54, 1.807) is 6.08 Å². The number of para-hydroxylation sites is 1. The lowest BCUT2D eigenvalue weighted by Crippen LogP contribution is -2.18. The molecule has 1 unspecified atom stereocenters. The fourth-order valence-electron chi connectivity index (χ4n) is 2.12. The lowest BCUT2D eigenvalue weighted by atomic mass is 10.0. The van der Waals surface area contributed by atoms with E-state index in [-0.39, 0.29) is 17.3 Å². The predicted octanol–water partition coefficient (Wildman–Crippen LogP) is 3.19. The van der Waals surface area contributed by atoms with Crippen LogP contribution in [0.15, 0.2) is 65.1 Å². The highest BCUT2D eigenvalue weighted by molar-refractivity contribution is 8.18. The van der Waals surface area contributed by atoms with Crippen molar-refractivity contribution in [3.05, 3.63) is 65.1 Å². The molecule has 2 amide bonds. The summed E-state index contributed by atoms with van der Waals surface area (Å²) in [4.78, 5) is 23.1. The Balaban J connectivity index is 1.68. The van der Waals surface area contributed by atoms with Gasteiger partial charge in [0.25, 0.3) is 11.1 Å². The minimum absolute atomic E-state index is 0.0746. The van der Waals surface area contributed by atoms with E-state index in [0.29, 0.717) is 11.3 Å². The van der Waals surface area contributed by atoms with Gasteiger partial charge < -0.3 is 4.74 Å². The molecule has 1 saturated heterocycles. The van der Waals surface area contributed by atoms with Gasteiger partial charge >= 0.3 is 0 Å². The van der Waals surface area contributed by atoms with Gasteiger partial charge in [0.1, 0.15) is 11.9 Å². The number of carbonyl (C=O) groups excluding carboxylic acids is 2. The first-order valence-corrected chi connectivity index (χ1v) is 7.36. The van der Waals surface area contributed by atoms with Crippen molar-refractivity contribution in [2.45, 2.75) is 12.5 Å². The summed E-state index contributed by atoms with van der Waals surface area (Å²) in [6.07, 6.45) is 8.14. The van der Waals surface area contributed by atoms with E-state index in [9.17, 15) is 9.59 Å². The number of thioether (sulfide) groups is 1. The molecule has 1 atom stereocenters. The van der Waals surface area contributed by atoms with Gasteiger partial charge in [-0.2, -0.15) is 0 Å². The third kappa shape index (κ3) is 3.44. The second-order valence-electron chi connectivity index (χ2n) is 4.65. The lowest BCUT2D eigenvalue weighted by molar-refractivity contribution is -0.115. The number of rotatable bonds is 3. The number of hydrogen-bond donors (Lipinski definition) is 1. The van der Waals surface area contributed by atoms with Gasteiger partial charge in [0.2, 0.25) is 0 Å². The predicted molar refractivity (Wildman–Crippen MR) is 81.9 cm³/mol. The largest absolute Gasteiger partial charge is 0.486 e. The molecule has 3 rings (SSSR count). The van der Waals surface area contributed by atoms with Crippen LogP contribution in [-0.4, -0.2) is 17.3 Å². The highest BCUT2D eigenvalue weighted by atomic mass is 32.2. The smallest absolute Gasteiger partial charge is 0.290 e. The Hall–Kier alpha value is -2.27. The zero-order valence-electron chi connectivity index (χ0n) is 11.1. The molecular formula is C16H13NO3S. The van der Waals surface area contributed by atoms with Crippen molar-refractivity contribution in [2.75, 3.05) is 0 Å². The third-order valence-corrected chi connectivity index (χ3v) is 3.87. The molecule has 4 nitrogen and oxygen atoms in total. The average molecular weight is 299 g/mol. The molecule has 21 heavy (non-hydrogen) atoms. The minimum atomic E-state index is -0.332. The summed E-state index contributed by atoms with van der Waals surface area (Å²) in [7, 11) is 0. The topological polar surface area (TPSA) is 55.4 Å². The van der Waals surface area contributed by atoms with Crippen LogP contribution in [0, 0.1) is 0 Å². The third-order valence-electron chi connectivity index (χ3n) is 3.06. The number of hydrogen-bond acceptors (Lipinski definition) is 4. The molecule has 5 heteroatoms. The summed E-state index contributed by atoms with van der Waals surface area (Å²) in [5.41, 5.74) is 0.964. The van der Waals surface area contributed by atoms with Crippen LogP contribution < -0.4 is 10.1 Å². The second-order valence-corrected chi connectivity index (χ2v) is 5.67. The lowest BCUT2D eigenvalue weighted by Gasteiger charge is -2.19. The Labute approximate surface area is 126 Å². The van der Waals surface area contributed by atoms with Gasteiger partial charge in [-0.3, -0.25) is 14.9 Å². The molecule has 0 bridgehead atoms. The zero-order chi connectivity index (χ0) is 14.7. The number of ether oxygens (including phenoxy) is 1. The van der Waals surface area contributed by atoms with Gasteiger partial charge in [-0.15, -0.1) is 0 Å². The molecule has 0 spiro atoms. The second kappa shape index (κ2) is 6.01. The summed E-state index contributed by atoms with van der Waals surface area (Å²) in [6, 6.07) is 9.59. The monoisotopic (exact) mass is 299 g/mol. The molecule has 0 aromatic heterocycles. The van der Waals surface area contributed by atoms with Crippen LogP contribution in [0.1, 0.15) is 6.42 Å². The standard InChI is InChI=1S/C16H13NO3S/c18-15-14(21-16(19)17-15)10-11-5-4-8-13(9-11)20-12-6-2-1-3-7-12/h1-8,10,13H,9H2,(H,17,18,19)/b14-10-. The fraction of sp³-hybridized carbons (Fsp3) is 0.125. The molecule has 1 heterocycles. The molecule has 2 aliphatic rings. The van der Waals surface area contributed by atoms with E-state index in [0.717, 1.165) is 23.1 Å². The number of allylic oxidation sites excluding steroid dienone is 3. The molecular weight excluding hydrogens is 286 g/mol. The van der Waals surface area contributed by atoms with Crippen molar-refractivity contribution in [2.24, 2.45) is 0 Å². The summed E-state index contributed by atoms with van der Waals surface area (Å²) >= 11 is 0.928. The molecule has 0 radical (unpaired) electrons. The first-order chi connectivity index (χ1) is 10.2. The summed E-state index contributed by atoms with van der Waals surface area (Å²) in [5.74, 6) is 0.477. The Morgan fingerprint density at radius 2 is 2.05 bits per heavy atom. The van der Waals surface area contributed by atoms with Gasteiger partial charge in [-0.25, -0.2) is 0 Å². The molecule has 0 saturated carbocycles. The van der Waals surface area contributed by atoms with E-state index in [1.807, 2.05) is 48.6 Å². The van der Waals surface area contributed by atoms with Crippen molar-refractivity contribution in [1.82, 2.24) is 5.32 Å². The Bertz CT molecular complexity index is 661. The molecule has 106 valence electrons. The molecule has 1 aliphatic heterocycles. The quantitative estimate of drug-likeness (QED) is 0.871. The van der Waals surface area contributed by atoms with Crippen LogP contribution in [-0.2, 0) is 4.79 Å². The van der Waals surface area contributed by atoms with Gasteiger partial charge in [0.05, 0.1) is 4.91 Å². The SMILES string of the molecule is O=C1NC(=O)/C(=C/C2=CC=CC(Oc3ccccc3)C2)S1. The van der Waals surface area contributed by atoms with Gasteiger partial charge in [0, 0.05) is 6.42 Å². The summed E-state index contributed by atoms with van der Waals surface area (Å²) in [5, 5.41) is 1.92. The van der Waals surface area contributed by atoms with E-state index in [1.165, 1.54) is 0 Å². The van der Waals surface area contributed by atoms with Crippen molar-refractivity contribution >= 4 is 22.9 Å². The minimum Gasteiger partial charge on any atom is -0.486 e. The maximum Gasteiger partial charge on any atom is 0.290 e. The number of benzene rings is 1. The van der Waals surface area contributed by atoms with Crippen LogP contribution >= 0.6 is 11.8 Å². The van der Waals surface area contributed by atoms with Gasteiger partial charge in [-0.05, 0) is 41.6 Å². The van der Waals surface area contributed by atoms with Crippen molar-refractivity contribution in [1.29, 1.82) is 0 Å². The zero-order valence-corrected chi connectivity index (χ0v) is 11.9. The Kier molecular flexibility index (Phi) is 3.92. The molecule has 1 aliphatic carbocycles. The number of amides is 2. The van der Waals surface area contributed by atoms with E-state index < -0.39 is 0 Å². The maximum atomic E-state index is 11.5.